The molecule has 2 aromatic heterocycles. The Morgan fingerprint density at radius 2 is 1.89 bits per heavy atom. The highest BCUT2D eigenvalue weighted by Gasteiger charge is 2.18. The molecular weight excluding hydrogens is 246 g/mol. The van der Waals surface area contributed by atoms with Crippen LogP contribution < -0.4 is 5.56 Å². The van der Waals surface area contributed by atoms with Crippen LogP contribution in [0.3, 0.4) is 0 Å². The first-order valence-electron chi connectivity index (χ1n) is 5.79. The van der Waals surface area contributed by atoms with Crippen molar-refractivity contribution < 1.29 is 0 Å². The van der Waals surface area contributed by atoms with Crippen molar-refractivity contribution in [1.82, 2.24) is 15.0 Å². The van der Waals surface area contributed by atoms with Crippen LogP contribution in [0, 0.1) is 13.8 Å². The average molecular weight is 259 g/mol. The summed E-state index contributed by atoms with van der Waals surface area (Å²) in [6.07, 6.45) is 0. The Morgan fingerprint density at radius 1 is 1.17 bits per heavy atom. The van der Waals surface area contributed by atoms with Crippen molar-refractivity contribution >= 4 is 11.8 Å². The number of H-pyrrole nitrogens is 1. The van der Waals surface area contributed by atoms with Gasteiger partial charge in [0.25, 0.3) is 5.56 Å². The van der Waals surface area contributed by atoms with Crippen LogP contribution in [-0.4, -0.2) is 15.0 Å². The van der Waals surface area contributed by atoms with E-state index in [2.05, 4.69) is 15.0 Å². The third-order valence-corrected chi connectivity index (χ3v) is 3.91. The summed E-state index contributed by atoms with van der Waals surface area (Å²) in [6.45, 7) is 3.88. The molecule has 0 amide bonds. The van der Waals surface area contributed by atoms with E-state index in [0.717, 1.165) is 39.7 Å². The molecule has 0 aromatic carbocycles. The van der Waals surface area contributed by atoms with Gasteiger partial charge in [-0.25, -0.2) is 4.98 Å². The third kappa shape index (κ3) is 1.95. The van der Waals surface area contributed by atoms with Crippen molar-refractivity contribution in [3.05, 3.63) is 45.1 Å². The monoisotopic (exact) mass is 259 g/mol. The van der Waals surface area contributed by atoms with Crippen molar-refractivity contribution in [3.8, 4) is 11.4 Å². The predicted molar refractivity (Wildman–Crippen MR) is 72.6 cm³/mol. The lowest BCUT2D eigenvalue weighted by molar-refractivity contribution is 1.03. The van der Waals surface area contributed by atoms with E-state index in [9.17, 15) is 4.79 Å². The normalized spacial score (nSPS) is 13.7. The Kier molecular flexibility index (Phi) is 2.70. The Balaban J connectivity index is 2.18. The van der Waals surface area contributed by atoms with Gasteiger partial charge in [0, 0.05) is 34.0 Å². The fraction of sp³-hybridized carbons (Fsp3) is 0.308. The maximum atomic E-state index is 12.0. The number of rotatable bonds is 1. The highest BCUT2D eigenvalue weighted by atomic mass is 32.2. The lowest BCUT2D eigenvalue weighted by atomic mass is 10.1. The van der Waals surface area contributed by atoms with Gasteiger partial charge in [-0.15, -0.1) is 0 Å². The summed E-state index contributed by atoms with van der Waals surface area (Å²) in [5, 5.41) is 0. The zero-order valence-electron chi connectivity index (χ0n) is 10.3. The van der Waals surface area contributed by atoms with Gasteiger partial charge in [-0.05, 0) is 26.0 Å². The number of nitrogens with one attached hydrogen (secondary N) is 1. The molecule has 1 aliphatic heterocycles. The van der Waals surface area contributed by atoms with E-state index in [-0.39, 0.29) is 5.56 Å². The molecule has 0 radical (unpaired) electrons. The summed E-state index contributed by atoms with van der Waals surface area (Å²) in [5.74, 6) is 2.25. The second-order valence-corrected chi connectivity index (χ2v) is 5.46. The summed E-state index contributed by atoms with van der Waals surface area (Å²) in [5.41, 5.74) is 4.53. The molecule has 3 rings (SSSR count). The summed E-state index contributed by atoms with van der Waals surface area (Å²) >= 11 is 1.73. The van der Waals surface area contributed by atoms with Crippen molar-refractivity contribution in [2.75, 3.05) is 0 Å². The van der Waals surface area contributed by atoms with Gasteiger partial charge in [-0.1, -0.05) is 0 Å². The Bertz CT molecular complexity index is 658. The summed E-state index contributed by atoms with van der Waals surface area (Å²) < 4.78 is 0. The average Bonchev–Trinajstić information content (AvgIpc) is 2.76. The Morgan fingerprint density at radius 3 is 2.61 bits per heavy atom. The number of fused-ring (bicyclic) bond motifs is 1. The maximum absolute atomic E-state index is 12.0. The fourth-order valence-electron chi connectivity index (χ4n) is 2.17. The summed E-state index contributed by atoms with van der Waals surface area (Å²) in [7, 11) is 0. The van der Waals surface area contributed by atoms with Crippen LogP contribution in [0.1, 0.15) is 22.6 Å². The molecule has 18 heavy (non-hydrogen) atoms. The quantitative estimate of drug-likeness (QED) is 0.853. The molecule has 0 unspecified atom stereocenters. The molecule has 0 fully saturated rings. The molecule has 0 saturated heterocycles. The van der Waals surface area contributed by atoms with E-state index in [1.165, 1.54) is 0 Å². The van der Waals surface area contributed by atoms with Crippen LogP contribution in [-0.2, 0) is 11.5 Å². The molecule has 5 heteroatoms. The van der Waals surface area contributed by atoms with Gasteiger partial charge in [-0.2, -0.15) is 11.8 Å². The molecule has 2 aromatic rings. The topological polar surface area (TPSA) is 58.6 Å². The first-order valence-corrected chi connectivity index (χ1v) is 6.94. The van der Waals surface area contributed by atoms with Gasteiger partial charge in [0.15, 0.2) is 0 Å². The van der Waals surface area contributed by atoms with Gasteiger partial charge in [0.05, 0.1) is 5.69 Å². The number of hydrogen-bond acceptors (Lipinski definition) is 4. The van der Waals surface area contributed by atoms with Crippen LogP contribution in [0.2, 0.25) is 0 Å². The van der Waals surface area contributed by atoms with Crippen LogP contribution in [0.4, 0.5) is 0 Å². The van der Waals surface area contributed by atoms with Gasteiger partial charge >= 0.3 is 0 Å². The molecule has 92 valence electrons. The van der Waals surface area contributed by atoms with Gasteiger partial charge in [0.1, 0.15) is 5.82 Å². The number of nitrogens with zero attached hydrogens (tertiary/aromatic N) is 2. The molecule has 3 heterocycles. The molecule has 0 aliphatic carbocycles. The predicted octanol–water partition coefficient (Wildman–Crippen LogP) is 2.20. The second kappa shape index (κ2) is 4.24. The molecule has 0 atom stereocenters. The first kappa shape index (κ1) is 11.5. The smallest absolute Gasteiger partial charge is 0.255 e. The lowest BCUT2D eigenvalue weighted by Crippen LogP contribution is -2.15. The number of aryl methyl sites for hydroxylation is 2. The van der Waals surface area contributed by atoms with E-state index < -0.39 is 0 Å². The number of thioether (sulfide) groups is 1. The molecule has 0 spiro atoms. The molecule has 4 nitrogen and oxygen atoms in total. The highest BCUT2D eigenvalue weighted by molar-refractivity contribution is 7.98. The maximum Gasteiger partial charge on any atom is 0.255 e. The molecule has 1 N–H and O–H groups in total. The minimum absolute atomic E-state index is 0.00730. The van der Waals surface area contributed by atoms with E-state index in [0.29, 0.717) is 5.82 Å². The number of hydrogen-bond donors (Lipinski definition) is 1. The summed E-state index contributed by atoms with van der Waals surface area (Å²) in [4.78, 5) is 23.7. The summed E-state index contributed by atoms with van der Waals surface area (Å²) in [6, 6.07) is 3.89. The van der Waals surface area contributed by atoms with E-state index in [4.69, 9.17) is 0 Å². The first-order chi connectivity index (χ1) is 8.63. The second-order valence-electron chi connectivity index (χ2n) is 4.47. The standard InChI is InChI=1S/C13H13N3OS/c1-7-3-9(4-8(2)14-7)12-15-11-6-18-5-10(11)13(17)16-12/h3-4H,5-6H2,1-2H3,(H,15,16,17). The minimum Gasteiger partial charge on any atom is -0.306 e. The van der Waals surface area contributed by atoms with Crippen molar-refractivity contribution in [2.45, 2.75) is 25.4 Å². The Labute approximate surface area is 109 Å². The fourth-order valence-corrected chi connectivity index (χ4v) is 3.21. The number of aromatic nitrogens is 3. The van der Waals surface area contributed by atoms with E-state index in [1.54, 1.807) is 11.8 Å². The largest absolute Gasteiger partial charge is 0.306 e. The molecule has 0 saturated carbocycles. The zero-order chi connectivity index (χ0) is 12.7. The van der Waals surface area contributed by atoms with Gasteiger partial charge < -0.3 is 4.98 Å². The molecule has 1 aliphatic rings. The van der Waals surface area contributed by atoms with Crippen LogP contribution in [0.15, 0.2) is 16.9 Å². The lowest BCUT2D eigenvalue weighted by Gasteiger charge is -2.05. The Hall–Kier alpha value is -1.62. The SMILES string of the molecule is Cc1cc(-c2nc3c(c(=O)[nH]2)CSC3)cc(C)n1. The molecular formula is C13H13N3OS. The van der Waals surface area contributed by atoms with Crippen molar-refractivity contribution in [3.63, 3.8) is 0 Å². The van der Waals surface area contributed by atoms with Gasteiger partial charge in [-0.3, -0.25) is 9.78 Å². The number of aromatic amines is 1. The third-order valence-electron chi connectivity index (χ3n) is 2.94. The minimum atomic E-state index is -0.00730. The van der Waals surface area contributed by atoms with E-state index in [1.807, 2.05) is 26.0 Å². The van der Waals surface area contributed by atoms with Gasteiger partial charge in [0.2, 0.25) is 0 Å². The van der Waals surface area contributed by atoms with Crippen LogP contribution >= 0.6 is 11.8 Å². The zero-order valence-corrected chi connectivity index (χ0v) is 11.1. The van der Waals surface area contributed by atoms with Crippen molar-refractivity contribution in [2.24, 2.45) is 0 Å². The van der Waals surface area contributed by atoms with Crippen molar-refractivity contribution in [1.29, 1.82) is 0 Å². The highest BCUT2D eigenvalue weighted by Crippen LogP contribution is 2.27. The van der Waals surface area contributed by atoms with Crippen LogP contribution in [0.25, 0.3) is 11.4 Å². The van der Waals surface area contributed by atoms with Crippen LogP contribution in [0.5, 0.6) is 0 Å². The number of pyridine rings is 1. The van der Waals surface area contributed by atoms with E-state index >= 15 is 0 Å². The molecule has 0 bridgehead atoms.